The molecule has 0 bridgehead atoms. The van der Waals surface area contributed by atoms with Crippen LogP contribution in [0.3, 0.4) is 0 Å². The van der Waals surface area contributed by atoms with E-state index >= 15 is 0 Å². The number of para-hydroxylation sites is 1. The zero-order chi connectivity index (χ0) is 58.1. The van der Waals surface area contributed by atoms with Gasteiger partial charge in [0.25, 0.3) is 0 Å². The molecular formula is C66H84N12. The summed E-state index contributed by atoms with van der Waals surface area (Å²) in [6.45, 7) is 35.8. The number of aryl methyl sites for hydroxylation is 6. The first-order valence-electron chi connectivity index (χ1n) is 27.2. The molecule has 0 atom stereocenters. The molecule has 11 heterocycles. The molecule has 0 aliphatic carbocycles. The van der Waals surface area contributed by atoms with Crippen LogP contribution < -0.4 is 0 Å². The van der Waals surface area contributed by atoms with E-state index in [4.69, 9.17) is 0 Å². The molecule has 12 heteroatoms. The van der Waals surface area contributed by atoms with Crippen molar-refractivity contribution in [3.8, 4) is 0 Å². The Balaban J connectivity index is 0.000000450. The number of benzene rings is 1. The Labute approximate surface area is 465 Å². The lowest BCUT2D eigenvalue weighted by molar-refractivity contribution is 1.09. The Hall–Kier alpha value is -8.64. The second-order valence-corrected chi connectivity index (χ2v) is 15.1. The smallest absolute Gasteiger partial charge is 0.159 e. The number of aromatic nitrogens is 12. The highest BCUT2D eigenvalue weighted by molar-refractivity contribution is 5.82. The van der Waals surface area contributed by atoms with Crippen LogP contribution in [0.4, 0.5) is 0 Å². The molecule has 78 heavy (non-hydrogen) atoms. The molecule has 0 unspecified atom stereocenters. The first kappa shape index (κ1) is 67.4. The van der Waals surface area contributed by atoms with Crippen molar-refractivity contribution in [2.24, 2.45) is 0 Å². The van der Waals surface area contributed by atoms with E-state index in [0.29, 0.717) is 0 Å². The predicted molar refractivity (Wildman–Crippen MR) is 334 cm³/mol. The third-order valence-electron chi connectivity index (χ3n) is 9.78. The van der Waals surface area contributed by atoms with Gasteiger partial charge in [0.05, 0.1) is 22.7 Å². The summed E-state index contributed by atoms with van der Waals surface area (Å²) < 4.78 is 0. The molecule has 0 radical (unpaired) electrons. The highest BCUT2D eigenvalue weighted by Crippen LogP contribution is 2.14. The molecule has 0 saturated heterocycles. The third-order valence-corrected chi connectivity index (χ3v) is 9.78. The van der Waals surface area contributed by atoms with E-state index in [9.17, 15) is 0 Å². The maximum Gasteiger partial charge on any atom is 0.159 e. The molecule has 0 fully saturated rings. The summed E-state index contributed by atoms with van der Waals surface area (Å²) in [6, 6.07) is 35.9. The van der Waals surface area contributed by atoms with E-state index in [1.165, 1.54) is 5.39 Å². The van der Waals surface area contributed by atoms with Gasteiger partial charge in [0.1, 0.15) is 5.82 Å². The topological polar surface area (TPSA) is 155 Å². The molecule has 11 aromatic heterocycles. The summed E-state index contributed by atoms with van der Waals surface area (Å²) in [5, 5.41) is 9.03. The van der Waals surface area contributed by atoms with E-state index in [2.05, 4.69) is 65.9 Å². The number of hydrogen-bond donors (Lipinski definition) is 0. The fourth-order valence-electron chi connectivity index (χ4n) is 6.44. The molecule has 0 saturated carbocycles. The standard InChI is InChI=1S/6C9H8N2.6C2H6/c1-7-4-9-5-10-3-2-8(9)6-11-7;1-7-4-8-2-3-10-5-9(8)6-11-7;1-7-4-5-8-3-2-6-10-9(8)11-7;1-7-5-9-8(6-11-7)3-2-4-10-9;1-7-5-8-3-2-4-10-9(8)6-11-7;1-7-10-6-8-4-2-3-5-9(8)11-7;6*1-2/h6*2-6H,1H3;6*1-2H3. The SMILES string of the molecule is CC.CC.CC.CC.CC.CC.Cc1cc2cccnc2cn1.Cc1cc2ccncc2cn1.Cc1cc2cnccc2cn1.Cc1cc2ncccc2cn1.Cc1ccc2cccnc2n1.Cc1ncc2ccccc2n1. The fourth-order valence-corrected chi connectivity index (χ4v) is 6.44. The normalized spacial score (nSPS) is 9.15. The van der Waals surface area contributed by atoms with Gasteiger partial charge in [-0.05, 0) is 132 Å². The zero-order valence-corrected chi connectivity index (χ0v) is 49.7. The first-order valence-corrected chi connectivity index (χ1v) is 27.2. The van der Waals surface area contributed by atoms with E-state index in [1.54, 1.807) is 37.2 Å². The molecule has 0 aliphatic rings. The summed E-state index contributed by atoms with van der Waals surface area (Å²) in [4.78, 5) is 49.8. The largest absolute Gasteiger partial charge is 0.264 e. The predicted octanol–water partition coefficient (Wildman–Crippen LogP) is 17.8. The van der Waals surface area contributed by atoms with Gasteiger partial charge in [0.15, 0.2) is 5.65 Å². The molecular weight excluding hydrogens is 961 g/mol. The molecule has 0 spiro atoms. The van der Waals surface area contributed by atoms with Crippen LogP contribution in [0.25, 0.3) is 65.3 Å². The average Bonchev–Trinajstić information content (AvgIpc) is 3.51. The van der Waals surface area contributed by atoms with Gasteiger partial charge in [0, 0.05) is 134 Å². The number of hydrogen-bond acceptors (Lipinski definition) is 12. The van der Waals surface area contributed by atoms with Gasteiger partial charge >= 0.3 is 0 Å². The molecule has 408 valence electrons. The Bertz CT molecular complexity index is 2890. The van der Waals surface area contributed by atoms with Crippen molar-refractivity contribution in [3.05, 3.63) is 218 Å². The van der Waals surface area contributed by atoms with Gasteiger partial charge in [0.2, 0.25) is 0 Å². The number of nitrogens with zero attached hydrogens (tertiary/aromatic N) is 12. The minimum absolute atomic E-state index is 0.823. The summed E-state index contributed by atoms with van der Waals surface area (Å²) in [6.07, 6.45) is 21.8. The van der Waals surface area contributed by atoms with Gasteiger partial charge in [-0.25, -0.2) is 19.9 Å². The van der Waals surface area contributed by atoms with Crippen molar-refractivity contribution >= 4 is 65.3 Å². The van der Waals surface area contributed by atoms with Crippen molar-refractivity contribution in [1.29, 1.82) is 0 Å². The van der Waals surface area contributed by atoms with Crippen LogP contribution in [0.1, 0.15) is 117 Å². The summed E-state index contributed by atoms with van der Waals surface area (Å²) in [5.41, 5.74) is 8.94. The van der Waals surface area contributed by atoms with Crippen LogP contribution in [0.5, 0.6) is 0 Å². The van der Waals surface area contributed by atoms with Crippen molar-refractivity contribution in [1.82, 2.24) is 59.8 Å². The number of rotatable bonds is 0. The molecule has 0 aliphatic heterocycles. The molecule has 0 N–H and O–H groups in total. The lowest BCUT2D eigenvalue weighted by Gasteiger charge is -1.95. The summed E-state index contributed by atoms with van der Waals surface area (Å²) in [5.74, 6) is 0.823. The molecule has 12 aromatic rings. The van der Waals surface area contributed by atoms with Crippen LogP contribution in [-0.2, 0) is 0 Å². The van der Waals surface area contributed by atoms with Crippen molar-refractivity contribution in [2.75, 3.05) is 0 Å². The Morgan fingerprint density at radius 2 is 0.692 bits per heavy atom. The van der Waals surface area contributed by atoms with Crippen molar-refractivity contribution in [2.45, 2.75) is 125 Å². The zero-order valence-electron chi connectivity index (χ0n) is 49.7. The van der Waals surface area contributed by atoms with Gasteiger partial charge in [-0.15, -0.1) is 0 Å². The van der Waals surface area contributed by atoms with Crippen LogP contribution in [0, 0.1) is 41.5 Å². The summed E-state index contributed by atoms with van der Waals surface area (Å²) in [7, 11) is 0. The monoisotopic (exact) mass is 1040 g/mol. The Morgan fingerprint density at radius 1 is 0.244 bits per heavy atom. The Morgan fingerprint density at radius 3 is 1.35 bits per heavy atom. The second kappa shape index (κ2) is 40.6. The van der Waals surface area contributed by atoms with Crippen molar-refractivity contribution in [3.63, 3.8) is 0 Å². The van der Waals surface area contributed by atoms with E-state index < -0.39 is 0 Å². The van der Waals surface area contributed by atoms with E-state index in [1.807, 2.05) is 265 Å². The quantitative estimate of drug-likeness (QED) is 0.142. The highest BCUT2D eigenvalue weighted by atomic mass is 14.9. The third kappa shape index (κ3) is 23.9. The lowest BCUT2D eigenvalue weighted by atomic mass is 10.2. The highest BCUT2D eigenvalue weighted by Gasteiger charge is 1.97. The number of pyridine rings is 10. The average molecular weight is 1050 g/mol. The van der Waals surface area contributed by atoms with Crippen LogP contribution in [-0.4, -0.2) is 59.8 Å². The lowest BCUT2D eigenvalue weighted by Crippen LogP contribution is -1.86. The number of fused-ring (bicyclic) bond motifs is 6. The molecule has 0 amide bonds. The first-order chi connectivity index (χ1) is 38.2. The van der Waals surface area contributed by atoms with Gasteiger partial charge in [-0.3, -0.25) is 39.9 Å². The maximum absolute atomic E-state index is 4.26. The van der Waals surface area contributed by atoms with Crippen LogP contribution >= 0.6 is 0 Å². The van der Waals surface area contributed by atoms with E-state index in [0.717, 1.165) is 94.2 Å². The van der Waals surface area contributed by atoms with Crippen LogP contribution in [0.2, 0.25) is 0 Å². The van der Waals surface area contributed by atoms with Gasteiger partial charge in [-0.2, -0.15) is 0 Å². The second-order valence-electron chi connectivity index (χ2n) is 15.1. The minimum atomic E-state index is 0.823. The van der Waals surface area contributed by atoms with Gasteiger partial charge < -0.3 is 0 Å². The maximum atomic E-state index is 4.26. The molecule has 12 nitrogen and oxygen atoms in total. The minimum Gasteiger partial charge on any atom is -0.264 e. The van der Waals surface area contributed by atoms with Crippen molar-refractivity contribution < 1.29 is 0 Å². The Kier molecular flexibility index (Phi) is 35.1. The van der Waals surface area contributed by atoms with E-state index in [-0.39, 0.29) is 0 Å². The van der Waals surface area contributed by atoms with Gasteiger partial charge in [-0.1, -0.05) is 107 Å². The summed E-state index contributed by atoms with van der Waals surface area (Å²) >= 11 is 0. The molecule has 1 aromatic carbocycles. The fraction of sp³-hybridized carbons (Fsp3) is 0.273. The van der Waals surface area contributed by atoms with Crippen LogP contribution in [0.15, 0.2) is 184 Å². The molecule has 12 rings (SSSR count).